The summed E-state index contributed by atoms with van der Waals surface area (Å²) in [6.45, 7) is 2.14. The standard InChI is InChI=1S/C14H18N2O5/c1-2-15-12(17)8-11(13(18)19)16-14(20)21-9-10-6-4-3-5-7-10/h3-7,11H,2,8-9H2,1H3,(H,15,17)(H,16,20)(H,18,19)/t11-/m0/s1. The second kappa shape index (κ2) is 8.57. The molecule has 1 aromatic rings. The van der Waals surface area contributed by atoms with Gasteiger partial charge in [-0.1, -0.05) is 30.3 Å². The molecule has 2 amide bonds. The zero-order valence-corrected chi connectivity index (χ0v) is 11.7. The van der Waals surface area contributed by atoms with Gasteiger partial charge in [-0.15, -0.1) is 0 Å². The maximum absolute atomic E-state index is 11.5. The molecule has 7 heteroatoms. The average Bonchev–Trinajstić information content (AvgIpc) is 2.45. The number of carboxylic acid groups (broad SMARTS) is 1. The van der Waals surface area contributed by atoms with Crippen molar-refractivity contribution in [3.8, 4) is 0 Å². The molecule has 0 heterocycles. The maximum Gasteiger partial charge on any atom is 0.408 e. The fourth-order valence-corrected chi connectivity index (χ4v) is 1.56. The van der Waals surface area contributed by atoms with Crippen LogP contribution < -0.4 is 10.6 Å². The zero-order chi connectivity index (χ0) is 15.7. The van der Waals surface area contributed by atoms with Crippen LogP contribution >= 0.6 is 0 Å². The highest BCUT2D eigenvalue weighted by atomic mass is 16.5. The van der Waals surface area contributed by atoms with Gasteiger partial charge in [0.15, 0.2) is 0 Å². The van der Waals surface area contributed by atoms with E-state index in [1.54, 1.807) is 31.2 Å². The van der Waals surface area contributed by atoms with Gasteiger partial charge in [0.05, 0.1) is 6.42 Å². The largest absolute Gasteiger partial charge is 0.480 e. The van der Waals surface area contributed by atoms with E-state index in [9.17, 15) is 14.4 Å². The van der Waals surface area contributed by atoms with Gasteiger partial charge in [-0.3, -0.25) is 4.79 Å². The van der Waals surface area contributed by atoms with Gasteiger partial charge in [0, 0.05) is 6.54 Å². The fourth-order valence-electron chi connectivity index (χ4n) is 1.56. The van der Waals surface area contributed by atoms with E-state index in [-0.39, 0.29) is 13.0 Å². The van der Waals surface area contributed by atoms with Crippen LogP contribution in [0.2, 0.25) is 0 Å². The summed E-state index contributed by atoms with van der Waals surface area (Å²) < 4.78 is 4.91. The number of benzene rings is 1. The molecule has 3 N–H and O–H groups in total. The number of carboxylic acids is 1. The number of carbonyl (C=O) groups is 3. The van der Waals surface area contributed by atoms with Gasteiger partial charge in [0.2, 0.25) is 5.91 Å². The van der Waals surface area contributed by atoms with Gasteiger partial charge in [-0.05, 0) is 12.5 Å². The molecule has 0 aliphatic rings. The number of carbonyl (C=O) groups excluding carboxylic acids is 2. The van der Waals surface area contributed by atoms with Gasteiger partial charge in [0.25, 0.3) is 0 Å². The highest BCUT2D eigenvalue weighted by Crippen LogP contribution is 2.01. The molecule has 0 bridgehead atoms. The van der Waals surface area contributed by atoms with Gasteiger partial charge in [-0.25, -0.2) is 9.59 Å². The van der Waals surface area contributed by atoms with Crippen molar-refractivity contribution in [2.24, 2.45) is 0 Å². The van der Waals surface area contributed by atoms with Gasteiger partial charge < -0.3 is 20.5 Å². The smallest absolute Gasteiger partial charge is 0.408 e. The van der Waals surface area contributed by atoms with Crippen molar-refractivity contribution in [3.05, 3.63) is 35.9 Å². The summed E-state index contributed by atoms with van der Waals surface area (Å²) in [5.41, 5.74) is 0.781. The first-order valence-corrected chi connectivity index (χ1v) is 6.49. The number of hydrogen-bond donors (Lipinski definition) is 3. The van der Waals surface area contributed by atoms with Crippen LogP contribution in [0.25, 0.3) is 0 Å². The van der Waals surface area contributed by atoms with Crippen molar-refractivity contribution in [2.45, 2.75) is 26.0 Å². The summed E-state index contributed by atoms with van der Waals surface area (Å²) in [6, 6.07) is 7.65. The number of nitrogens with one attached hydrogen (secondary N) is 2. The lowest BCUT2D eigenvalue weighted by molar-refractivity contribution is -0.141. The summed E-state index contributed by atoms with van der Waals surface area (Å²) >= 11 is 0. The molecular formula is C14H18N2O5. The van der Waals surface area contributed by atoms with Crippen LogP contribution in [0.15, 0.2) is 30.3 Å². The monoisotopic (exact) mass is 294 g/mol. The van der Waals surface area contributed by atoms with Crippen LogP contribution in [0, 0.1) is 0 Å². The van der Waals surface area contributed by atoms with Gasteiger partial charge in [-0.2, -0.15) is 0 Å². The Balaban J connectivity index is 2.45. The zero-order valence-electron chi connectivity index (χ0n) is 11.7. The van der Waals surface area contributed by atoms with E-state index in [2.05, 4.69) is 10.6 Å². The van der Waals surface area contributed by atoms with Crippen LogP contribution in [0.1, 0.15) is 18.9 Å². The molecule has 1 aromatic carbocycles. The predicted molar refractivity (Wildman–Crippen MR) is 74.5 cm³/mol. The molecule has 0 saturated carbocycles. The third kappa shape index (κ3) is 6.42. The van der Waals surface area contributed by atoms with E-state index in [1.807, 2.05) is 6.07 Å². The van der Waals surface area contributed by atoms with E-state index < -0.39 is 24.0 Å². The van der Waals surface area contributed by atoms with Crippen molar-refractivity contribution < 1.29 is 24.2 Å². The molecule has 1 rings (SSSR count). The first-order valence-electron chi connectivity index (χ1n) is 6.49. The van der Waals surface area contributed by atoms with Gasteiger partial charge >= 0.3 is 12.1 Å². The Bertz CT molecular complexity index is 489. The molecule has 114 valence electrons. The molecule has 0 saturated heterocycles. The molecule has 0 aromatic heterocycles. The van der Waals surface area contributed by atoms with Crippen molar-refractivity contribution in [1.82, 2.24) is 10.6 Å². The summed E-state index contributed by atoms with van der Waals surface area (Å²) in [4.78, 5) is 33.9. The lowest BCUT2D eigenvalue weighted by Gasteiger charge is -2.14. The van der Waals surface area contributed by atoms with Crippen molar-refractivity contribution >= 4 is 18.0 Å². The minimum atomic E-state index is -1.32. The Morgan fingerprint density at radius 2 is 1.90 bits per heavy atom. The van der Waals surface area contributed by atoms with Crippen LogP contribution in [-0.2, 0) is 20.9 Å². The quantitative estimate of drug-likeness (QED) is 0.692. The van der Waals surface area contributed by atoms with E-state index in [4.69, 9.17) is 9.84 Å². The highest BCUT2D eigenvalue weighted by Gasteiger charge is 2.23. The Morgan fingerprint density at radius 3 is 2.48 bits per heavy atom. The molecule has 0 unspecified atom stereocenters. The second-order valence-electron chi connectivity index (χ2n) is 4.25. The van der Waals surface area contributed by atoms with Gasteiger partial charge in [0.1, 0.15) is 12.6 Å². The average molecular weight is 294 g/mol. The SMILES string of the molecule is CCNC(=O)C[C@H](NC(=O)OCc1ccccc1)C(=O)O. The Morgan fingerprint density at radius 1 is 1.24 bits per heavy atom. The van der Waals surface area contributed by atoms with E-state index in [1.165, 1.54) is 0 Å². The van der Waals surface area contributed by atoms with Crippen LogP contribution in [0.4, 0.5) is 4.79 Å². The van der Waals surface area contributed by atoms with Crippen molar-refractivity contribution in [3.63, 3.8) is 0 Å². The minimum Gasteiger partial charge on any atom is -0.480 e. The number of hydrogen-bond acceptors (Lipinski definition) is 4. The number of alkyl carbamates (subject to hydrolysis) is 1. The summed E-state index contributed by atoms with van der Waals surface area (Å²) in [7, 11) is 0. The lowest BCUT2D eigenvalue weighted by Crippen LogP contribution is -2.44. The number of ether oxygens (including phenoxy) is 1. The van der Waals surface area contributed by atoms with Crippen molar-refractivity contribution in [2.75, 3.05) is 6.54 Å². The maximum atomic E-state index is 11.5. The van der Waals surface area contributed by atoms with Crippen LogP contribution in [0.3, 0.4) is 0 Å². The molecular weight excluding hydrogens is 276 g/mol. The molecule has 0 aliphatic carbocycles. The van der Waals surface area contributed by atoms with E-state index >= 15 is 0 Å². The predicted octanol–water partition coefficient (Wildman–Crippen LogP) is 0.892. The number of rotatable bonds is 7. The Hall–Kier alpha value is -2.57. The lowest BCUT2D eigenvalue weighted by atomic mass is 10.2. The third-order valence-corrected chi connectivity index (χ3v) is 2.57. The second-order valence-corrected chi connectivity index (χ2v) is 4.25. The molecule has 0 aliphatic heterocycles. The van der Waals surface area contributed by atoms with Crippen LogP contribution in [0.5, 0.6) is 0 Å². The molecule has 0 fully saturated rings. The van der Waals surface area contributed by atoms with E-state index in [0.717, 1.165) is 5.56 Å². The minimum absolute atomic E-state index is 0.0279. The Kier molecular flexibility index (Phi) is 6.73. The summed E-state index contributed by atoms with van der Waals surface area (Å²) in [5.74, 6) is -1.74. The van der Waals surface area contributed by atoms with E-state index in [0.29, 0.717) is 6.54 Å². The third-order valence-electron chi connectivity index (χ3n) is 2.57. The summed E-state index contributed by atoms with van der Waals surface area (Å²) in [5, 5.41) is 13.6. The molecule has 0 spiro atoms. The number of amides is 2. The molecule has 0 radical (unpaired) electrons. The number of aliphatic carboxylic acids is 1. The van der Waals surface area contributed by atoms with Crippen molar-refractivity contribution in [1.29, 1.82) is 0 Å². The fraction of sp³-hybridized carbons (Fsp3) is 0.357. The Labute approximate surface area is 122 Å². The summed E-state index contributed by atoms with van der Waals surface area (Å²) in [6.07, 6.45) is -1.22. The highest BCUT2D eigenvalue weighted by molar-refractivity contribution is 5.87. The normalized spacial score (nSPS) is 11.3. The molecule has 21 heavy (non-hydrogen) atoms. The molecule has 1 atom stereocenters. The first-order chi connectivity index (χ1) is 10.0. The van der Waals surface area contributed by atoms with Crippen LogP contribution in [-0.4, -0.2) is 35.7 Å². The topological polar surface area (TPSA) is 105 Å². The molecule has 7 nitrogen and oxygen atoms in total. The first kappa shape index (κ1) is 16.5.